The Labute approximate surface area is 113 Å². The van der Waals surface area contributed by atoms with Crippen LogP contribution >= 0.6 is 11.3 Å². The van der Waals surface area contributed by atoms with Gasteiger partial charge >= 0.3 is 5.97 Å². The van der Waals surface area contributed by atoms with E-state index in [0.29, 0.717) is 0 Å². The first kappa shape index (κ1) is 12.2. The van der Waals surface area contributed by atoms with Gasteiger partial charge in [0.05, 0.1) is 29.5 Å². The number of thiazole rings is 1. The second-order valence-corrected chi connectivity index (χ2v) is 5.30. The molecule has 2 aromatic heterocycles. The minimum absolute atomic E-state index is 0.00833. The predicted octanol–water partition coefficient (Wildman–Crippen LogP) is 1.05. The molecule has 3 heterocycles. The molecule has 1 aliphatic heterocycles. The third-order valence-corrected chi connectivity index (χ3v) is 4.03. The lowest BCUT2D eigenvalue weighted by Gasteiger charge is -2.42. The highest BCUT2D eigenvalue weighted by atomic mass is 32.1. The first-order valence-corrected chi connectivity index (χ1v) is 6.86. The van der Waals surface area contributed by atoms with Crippen LogP contribution in [0.15, 0.2) is 17.1 Å². The normalized spacial score (nSPS) is 18.2. The molecule has 1 fully saturated rings. The number of aromatic carboxylic acids is 1. The van der Waals surface area contributed by atoms with Crippen LogP contribution in [-0.4, -0.2) is 49.0 Å². The molecule has 2 aromatic rings. The van der Waals surface area contributed by atoms with E-state index < -0.39 is 5.97 Å². The van der Waals surface area contributed by atoms with Crippen molar-refractivity contribution in [2.45, 2.75) is 19.0 Å². The maximum Gasteiger partial charge on any atom is 0.358 e. The fourth-order valence-electron chi connectivity index (χ4n) is 2.14. The highest BCUT2D eigenvalue weighted by molar-refractivity contribution is 7.07. The van der Waals surface area contributed by atoms with Gasteiger partial charge in [0.2, 0.25) is 0 Å². The Morgan fingerprint density at radius 2 is 2.37 bits per heavy atom. The number of likely N-dealkylation sites (tertiary alicyclic amines) is 1. The van der Waals surface area contributed by atoms with Gasteiger partial charge in [0, 0.05) is 18.5 Å². The Morgan fingerprint density at radius 1 is 1.58 bits per heavy atom. The average molecular weight is 279 g/mol. The molecule has 0 radical (unpaired) electrons. The summed E-state index contributed by atoms with van der Waals surface area (Å²) in [6.07, 6.45) is 1.48. The lowest BCUT2D eigenvalue weighted by molar-refractivity contribution is 0.0571. The number of nitrogens with zero attached hydrogens (tertiary/aromatic N) is 5. The van der Waals surface area contributed by atoms with Crippen molar-refractivity contribution in [3.8, 4) is 0 Å². The van der Waals surface area contributed by atoms with Crippen molar-refractivity contribution in [3.63, 3.8) is 0 Å². The summed E-state index contributed by atoms with van der Waals surface area (Å²) < 4.78 is 1.63. The zero-order valence-corrected chi connectivity index (χ0v) is 11.1. The maximum atomic E-state index is 10.7. The Balaban J connectivity index is 1.61. The van der Waals surface area contributed by atoms with Crippen LogP contribution in [0.5, 0.6) is 0 Å². The van der Waals surface area contributed by atoms with Gasteiger partial charge < -0.3 is 5.11 Å². The van der Waals surface area contributed by atoms with E-state index in [1.165, 1.54) is 6.20 Å². The highest BCUT2D eigenvalue weighted by Gasteiger charge is 2.33. The molecule has 0 spiro atoms. The summed E-state index contributed by atoms with van der Waals surface area (Å²) in [5.41, 5.74) is 2.90. The molecule has 0 amide bonds. The van der Waals surface area contributed by atoms with E-state index in [0.717, 1.165) is 18.8 Å². The molecule has 1 atom stereocenters. The molecule has 3 rings (SSSR count). The Bertz CT molecular complexity index is 576. The van der Waals surface area contributed by atoms with Crippen LogP contribution in [0.1, 0.15) is 35.2 Å². The van der Waals surface area contributed by atoms with E-state index >= 15 is 0 Å². The van der Waals surface area contributed by atoms with Crippen molar-refractivity contribution < 1.29 is 9.90 Å². The molecule has 0 aromatic carbocycles. The van der Waals surface area contributed by atoms with Crippen molar-refractivity contribution in [1.82, 2.24) is 24.9 Å². The molecule has 0 saturated carbocycles. The van der Waals surface area contributed by atoms with E-state index in [-0.39, 0.29) is 17.8 Å². The zero-order valence-electron chi connectivity index (χ0n) is 10.3. The maximum absolute atomic E-state index is 10.7. The van der Waals surface area contributed by atoms with Crippen molar-refractivity contribution in [3.05, 3.63) is 28.5 Å². The fourth-order valence-corrected chi connectivity index (χ4v) is 2.78. The van der Waals surface area contributed by atoms with Gasteiger partial charge in [0.1, 0.15) is 0 Å². The zero-order chi connectivity index (χ0) is 13.4. The number of carbonyl (C=O) groups is 1. The largest absolute Gasteiger partial charge is 0.476 e. The summed E-state index contributed by atoms with van der Waals surface area (Å²) in [5.74, 6) is -1.04. The number of aromatic nitrogens is 4. The van der Waals surface area contributed by atoms with Gasteiger partial charge in [-0.05, 0) is 6.92 Å². The van der Waals surface area contributed by atoms with E-state index in [4.69, 9.17) is 5.11 Å². The van der Waals surface area contributed by atoms with Crippen LogP contribution in [-0.2, 0) is 0 Å². The fraction of sp³-hybridized carbons (Fsp3) is 0.455. The standard InChI is InChI=1S/C11H13N5O2S/c1-7(10-5-19-6-12-10)15-2-8(3-15)16-4-9(11(17)18)13-14-16/h4-8H,2-3H2,1H3,(H,17,18). The van der Waals surface area contributed by atoms with Crippen LogP contribution in [0.3, 0.4) is 0 Å². The summed E-state index contributed by atoms with van der Waals surface area (Å²) >= 11 is 1.59. The predicted molar refractivity (Wildman–Crippen MR) is 68.1 cm³/mol. The van der Waals surface area contributed by atoms with Crippen LogP contribution < -0.4 is 0 Å². The minimum Gasteiger partial charge on any atom is -0.476 e. The third-order valence-electron chi connectivity index (χ3n) is 3.42. The van der Waals surface area contributed by atoms with Gasteiger partial charge in [-0.2, -0.15) is 0 Å². The lowest BCUT2D eigenvalue weighted by atomic mass is 10.1. The van der Waals surface area contributed by atoms with E-state index in [1.807, 2.05) is 5.51 Å². The molecule has 0 aliphatic carbocycles. The van der Waals surface area contributed by atoms with Crippen LogP contribution in [0.2, 0.25) is 0 Å². The molecule has 19 heavy (non-hydrogen) atoms. The first-order chi connectivity index (χ1) is 9.15. The van der Waals surface area contributed by atoms with Crippen molar-refractivity contribution in [1.29, 1.82) is 0 Å². The second-order valence-electron chi connectivity index (χ2n) is 4.59. The summed E-state index contributed by atoms with van der Waals surface area (Å²) in [6, 6.07) is 0.478. The highest BCUT2D eigenvalue weighted by Crippen LogP contribution is 2.30. The lowest BCUT2D eigenvalue weighted by Crippen LogP contribution is -2.48. The molecule has 0 bridgehead atoms. The molecular weight excluding hydrogens is 266 g/mol. The number of carboxylic acid groups (broad SMARTS) is 1. The molecule has 100 valence electrons. The quantitative estimate of drug-likeness (QED) is 0.900. The molecular formula is C11H13N5O2S. The van der Waals surface area contributed by atoms with Gasteiger partial charge in [-0.3, -0.25) is 4.90 Å². The van der Waals surface area contributed by atoms with Gasteiger partial charge in [-0.1, -0.05) is 5.21 Å². The van der Waals surface area contributed by atoms with Crippen molar-refractivity contribution in [2.24, 2.45) is 0 Å². The summed E-state index contributed by atoms with van der Waals surface area (Å²) in [7, 11) is 0. The Morgan fingerprint density at radius 3 is 2.95 bits per heavy atom. The Hall–Kier alpha value is -1.80. The van der Waals surface area contributed by atoms with E-state index in [1.54, 1.807) is 16.0 Å². The third kappa shape index (κ3) is 2.24. The van der Waals surface area contributed by atoms with Gasteiger partial charge in [-0.25, -0.2) is 14.5 Å². The van der Waals surface area contributed by atoms with Crippen LogP contribution in [0.4, 0.5) is 0 Å². The van der Waals surface area contributed by atoms with Gasteiger partial charge in [0.15, 0.2) is 5.69 Å². The molecule has 1 unspecified atom stereocenters. The van der Waals surface area contributed by atoms with E-state index in [9.17, 15) is 4.79 Å². The molecule has 1 N–H and O–H groups in total. The smallest absolute Gasteiger partial charge is 0.358 e. The molecule has 7 nitrogen and oxygen atoms in total. The number of rotatable bonds is 4. The SMILES string of the molecule is CC(c1cscn1)N1CC(n2cc(C(=O)O)nn2)C1. The van der Waals surface area contributed by atoms with Gasteiger partial charge in [-0.15, -0.1) is 16.4 Å². The number of hydrogen-bond donors (Lipinski definition) is 1. The topological polar surface area (TPSA) is 84.1 Å². The summed E-state index contributed by atoms with van der Waals surface area (Å²) in [4.78, 5) is 17.3. The Kier molecular flexibility index (Phi) is 3.03. The minimum atomic E-state index is -1.04. The van der Waals surface area contributed by atoms with E-state index in [2.05, 4.69) is 32.5 Å². The summed E-state index contributed by atoms with van der Waals surface area (Å²) in [5, 5.41) is 18.3. The monoisotopic (exact) mass is 279 g/mol. The number of hydrogen-bond acceptors (Lipinski definition) is 6. The van der Waals surface area contributed by atoms with Gasteiger partial charge in [0.25, 0.3) is 0 Å². The molecule has 8 heteroatoms. The number of carboxylic acids is 1. The second kappa shape index (κ2) is 4.71. The van der Waals surface area contributed by atoms with Crippen LogP contribution in [0.25, 0.3) is 0 Å². The first-order valence-electron chi connectivity index (χ1n) is 5.92. The molecule has 1 saturated heterocycles. The van der Waals surface area contributed by atoms with Crippen molar-refractivity contribution in [2.75, 3.05) is 13.1 Å². The van der Waals surface area contributed by atoms with Crippen LogP contribution in [0, 0.1) is 0 Å². The average Bonchev–Trinajstić information content (AvgIpc) is 2.98. The van der Waals surface area contributed by atoms with Crippen molar-refractivity contribution >= 4 is 17.3 Å². The molecule has 1 aliphatic rings. The summed E-state index contributed by atoms with van der Waals surface area (Å²) in [6.45, 7) is 3.79.